The van der Waals surface area contributed by atoms with Gasteiger partial charge in [0.15, 0.2) is 0 Å². The van der Waals surface area contributed by atoms with Gasteiger partial charge in [-0.2, -0.15) is 5.10 Å². The third-order valence-corrected chi connectivity index (χ3v) is 2.45. The quantitative estimate of drug-likeness (QED) is 0.747. The van der Waals surface area contributed by atoms with Crippen LogP contribution in [0, 0.1) is 5.92 Å². The Morgan fingerprint density at radius 2 is 2.44 bits per heavy atom. The molecule has 0 saturated heterocycles. The number of aromatic nitrogens is 2. The predicted molar refractivity (Wildman–Crippen MR) is 61.1 cm³/mol. The zero-order chi connectivity index (χ0) is 12.0. The van der Waals surface area contributed by atoms with E-state index in [4.69, 9.17) is 5.11 Å². The molecular weight excluding hydrogens is 206 g/mol. The Morgan fingerprint density at radius 3 is 3.00 bits per heavy atom. The third-order valence-electron chi connectivity index (χ3n) is 2.45. The third kappa shape index (κ3) is 3.66. The molecule has 0 spiro atoms. The van der Waals surface area contributed by atoms with Crippen molar-refractivity contribution >= 4 is 5.91 Å². The van der Waals surface area contributed by atoms with E-state index in [1.807, 2.05) is 13.8 Å². The van der Waals surface area contributed by atoms with E-state index in [9.17, 15) is 4.79 Å². The van der Waals surface area contributed by atoms with Gasteiger partial charge >= 0.3 is 0 Å². The topological polar surface area (TPSA) is 67.2 Å². The molecule has 0 aromatic carbocycles. The molecule has 5 heteroatoms. The van der Waals surface area contributed by atoms with Crippen LogP contribution in [0.25, 0.3) is 0 Å². The Balaban J connectivity index is 2.40. The SMILES string of the molecule is CCn1cc(C(=O)NCC(C)CCO)cn1. The highest BCUT2D eigenvalue weighted by molar-refractivity contribution is 5.93. The minimum absolute atomic E-state index is 0.107. The van der Waals surface area contributed by atoms with Gasteiger partial charge in [0.25, 0.3) is 5.91 Å². The molecule has 1 rings (SSSR count). The summed E-state index contributed by atoms with van der Waals surface area (Å²) in [6, 6.07) is 0. The maximum absolute atomic E-state index is 11.7. The van der Waals surface area contributed by atoms with Crippen LogP contribution in [0.5, 0.6) is 0 Å². The monoisotopic (exact) mass is 225 g/mol. The van der Waals surface area contributed by atoms with Gasteiger partial charge < -0.3 is 10.4 Å². The number of aryl methyl sites for hydroxylation is 1. The Labute approximate surface area is 95.5 Å². The van der Waals surface area contributed by atoms with E-state index in [0.717, 1.165) is 6.54 Å². The average molecular weight is 225 g/mol. The summed E-state index contributed by atoms with van der Waals surface area (Å²) < 4.78 is 1.71. The van der Waals surface area contributed by atoms with Gasteiger partial charge in [0, 0.05) is 25.9 Å². The molecule has 1 aromatic rings. The lowest BCUT2D eigenvalue weighted by Gasteiger charge is -2.10. The number of carbonyl (C=O) groups excluding carboxylic acids is 1. The predicted octanol–water partition coefficient (Wildman–Crippen LogP) is 0.651. The molecule has 2 N–H and O–H groups in total. The normalized spacial score (nSPS) is 12.4. The molecule has 0 aliphatic carbocycles. The van der Waals surface area contributed by atoms with Crippen molar-refractivity contribution in [1.82, 2.24) is 15.1 Å². The van der Waals surface area contributed by atoms with Crippen LogP contribution in [-0.2, 0) is 6.54 Å². The molecule has 1 unspecified atom stereocenters. The van der Waals surface area contributed by atoms with Gasteiger partial charge in [-0.25, -0.2) is 0 Å². The van der Waals surface area contributed by atoms with Gasteiger partial charge in [-0.1, -0.05) is 6.92 Å². The van der Waals surface area contributed by atoms with E-state index >= 15 is 0 Å². The van der Waals surface area contributed by atoms with Crippen LogP contribution in [0.4, 0.5) is 0 Å². The van der Waals surface area contributed by atoms with Gasteiger partial charge in [0.1, 0.15) is 0 Å². The van der Waals surface area contributed by atoms with Crippen molar-refractivity contribution in [3.63, 3.8) is 0 Å². The first-order valence-electron chi connectivity index (χ1n) is 5.58. The molecule has 0 bridgehead atoms. The molecule has 0 aliphatic rings. The molecule has 5 nitrogen and oxygen atoms in total. The van der Waals surface area contributed by atoms with E-state index in [1.165, 1.54) is 0 Å². The second-order valence-corrected chi connectivity index (χ2v) is 3.91. The lowest BCUT2D eigenvalue weighted by molar-refractivity contribution is 0.0945. The Morgan fingerprint density at radius 1 is 1.69 bits per heavy atom. The second kappa shape index (κ2) is 6.27. The first kappa shape index (κ1) is 12.7. The highest BCUT2D eigenvalue weighted by Crippen LogP contribution is 2.01. The fourth-order valence-electron chi connectivity index (χ4n) is 1.35. The lowest BCUT2D eigenvalue weighted by Crippen LogP contribution is -2.28. The number of hydrogen-bond donors (Lipinski definition) is 2. The number of carbonyl (C=O) groups is 1. The molecule has 1 heterocycles. The van der Waals surface area contributed by atoms with Crippen molar-refractivity contribution in [2.24, 2.45) is 5.92 Å². The van der Waals surface area contributed by atoms with Crippen molar-refractivity contribution in [2.45, 2.75) is 26.8 Å². The molecule has 90 valence electrons. The van der Waals surface area contributed by atoms with Crippen LogP contribution in [0.1, 0.15) is 30.6 Å². The number of aliphatic hydroxyl groups excluding tert-OH is 1. The molecule has 1 amide bonds. The van der Waals surface area contributed by atoms with E-state index in [0.29, 0.717) is 18.5 Å². The lowest BCUT2D eigenvalue weighted by atomic mass is 10.1. The minimum Gasteiger partial charge on any atom is -0.396 e. The smallest absolute Gasteiger partial charge is 0.254 e. The van der Waals surface area contributed by atoms with Crippen LogP contribution in [0.15, 0.2) is 12.4 Å². The zero-order valence-corrected chi connectivity index (χ0v) is 9.81. The van der Waals surface area contributed by atoms with Crippen molar-refractivity contribution in [3.05, 3.63) is 18.0 Å². The number of aliphatic hydroxyl groups is 1. The van der Waals surface area contributed by atoms with Crippen LogP contribution in [0.3, 0.4) is 0 Å². The van der Waals surface area contributed by atoms with Crippen LogP contribution in [0.2, 0.25) is 0 Å². The van der Waals surface area contributed by atoms with Crippen molar-refractivity contribution in [2.75, 3.05) is 13.2 Å². The molecular formula is C11H19N3O2. The standard InChI is InChI=1S/C11H19N3O2/c1-3-14-8-10(7-13-14)11(16)12-6-9(2)4-5-15/h7-9,15H,3-6H2,1-2H3,(H,12,16). The van der Waals surface area contributed by atoms with E-state index < -0.39 is 0 Å². The summed E-state index contributed by atoms with van der Waals surface area (Å²) in [5.41, 5.74) is 0.582. The molecule has 1 atom stereocenters. The first-order chi connectivity index (χ1) is 7.67. The number of nitrogens with one attached hydrogen (secondary N) is 1. The molecule has 1 aromatic heterocycles. The summed E-state index contributed by atoms with van der Waals surface area (Å²) in [5, 5.41) is 15.6. The fraction of sp³-hybridized carbons (Fsp3) is 0.636. The average Bonchev–Trinajstić information content (AvgIpc) is 2.75. The van der Waals surface area contributed by atoms with E-state index in [2.05, 4.69) is 10.4 Å². The molecule has 16 heavy (non-hydrogen) atoms. The van der Waals surface area contributed by atoms with Gasteiger partial charge in [-0.15, -0.1) is 0 Å². The molecule has 0 aliphatic heterocycles. The van der Waals surface area contributed by atoms with Gasteiger partial charge in [-0.05, 0) is 19.3 Å². The summed E-state index contributed by atoms with van der Waals surface area (Å²) >= 11 is 0. The van der Waals surface area contributed by atoms with Crippen molar-refractivity contribution in [3.8, 4) is 0 Å². The summed E-state index contributed by atoms with van der Waals surface area (Å²) in [6.07, 6.45) is 4.00. The van der Waals surface area contributed by atoms with Gasteiger partial charge in [0.2, 0.25) is 0 Å². The number of amides is 1. The van der Waals surface area contributed by atoms with Crippen LogP contribution >= 0.6 is 0 Å². The Hall–Kier alpha value is -1.36. The highest BCUT2D eigenvalue weighted by atomic mass is 16.3. The number of rotatable bonds is 6. The summed E-state index contributed by atoms with van der Waals surface area (Å²) in [7, 11) is 0. The summed E-state index contributed by atoms with van der Waals surface area (Å²) in [4.78, 5) is 11.7. The largest absolute Gasteiger partial charge is 0.396 e. The molecule has 0 radical (unpaired) electrons. The summed E-state index contributed by atoms with van der Waals surface area (Å²) in [5.74, 6) is 0.180. The van der Waals surface area contributed by atoms with Crippen LogP contribution in [-0.4, -0.2) is 33.9 Å². The first-order valence-corrected chi connectivity index (χ1v) is 5.58. The molecule has 0 saturated carbocycles. The van der Waals surface area contributed by atoms with Gasteiger partial charge in [0.05, 0.1) is 11.8 Å². The van der Waals surface area contributed by atoms with Crippen molar-refractivity contribution < 1.29 is 9.90 Å². The van der Waals surface area contributed by atoms with E-state index in [-0.39, 0.29) is 18.4 Å². The van der Waals surface area contributed by atoms with Crippen molar-refractivity contribution in [1.29, 1.82) is 0 Å². The summed E-state index contributed by atoms with van der Waals surface area (Å²) in [6.45, 7) is 5.46. The molecule has 0 fully saturated rings. The maximum Gasteiger partial charge on any atom is 0.254 e. The Bertz CT molecular complexity index is 336. The minimum atomic E-state index is -0.107. The zero-order valence-electron chi connectivity index (χ0n) is 9.81. The van der Waals surface area contributed by atoms with E-state index in [1.54, 1.807) is 17.1 Å². The number of hydrogen-bond acceptors (Lipinski definition) is 3. The number of nitrogens with zero attached hydrogens (tertiary/aromatic N) is 2. The van der Waals surface area contributed by atoms with Crippen LogP contribution < -0.4 is 5.32 Å². The highest BCUT2D eigenvalue weighted by Gasteiger charge is 2.09. The van der Waals surface area contributed by atoms with Gasteiger partial charge in [-0.3, -0.25) is 9.48 Å². The second-order valence-electron chi connectivity index (χ2n) is 3.91. The fourth-order valence-corrected chi connectivity index (χ4v) is 1.35. The maximum atomic E-state index is 11.7. The Kier molecular flexibility index (Phi) is 4.98.